The Bertz CT molecular complexity index is 230. The van der Waals surface area contributed by atoms with Crippen LogP contribution in [0.5, 0.6) is 0 Å². The molecule has 1 rings (SSSR count). The van der Waals surface area contributed by atoms with Gasteiger partial charge in [0.15, 0.2) is 5.78 Å². The SMILES string of the molecule is C=CC1(N)C(=O)CCC=C1C. The number of hydrogen-bond donors (Lipinski definition) is 1. The quantitative estimate of drug-likeness (QED) is 0.572. The molecule has 2 N–H and O–H groups in total. The van der Waals surface area contributed by atoms with Crippen molar-refractivity contribution in [1.29, 1.82) is 0 Å². The van der Waals surface area contributed by atoms with Crippen LogP contribution in [0.3, 0.4) is 0 Å². The molecule has 0 fully saturated rings. The first-order valence-corrected chi connectivity index (χ1v) is 3.74. The maximum atomic E-state index is 11.3. The Hall–Kier alpha value is -0.890. The van der Waals surface area contributed by atoms with Crippen molar-refractivity contribution in [3.05, 3.63) is 24.3 Å². The van der Waals surface area contributed by atoms with Crippen molar-refractivity contribution >= 4 is 5.78 Å². The number of carbonyl (C=O) groups excluding carboxylic acids is 1. The summed E-state index contributed by atoms with van der Waals surface area (Å²) in [6, 6.07) is 0. The first-order valence-electron chi connectivity index (χ1n) is 3.74. The van der Waals surface area contributed by atoms with Crippen LogP contribution in [0.2, 0.25) is 0 Å². The third-order valence-electron chi connectivity index (χ3n) is 2.26. The second-order valence-corrected chi connectivity index (χ2v) is 2.92. The Morgan fingerprint density at radius 1 is 1.82 bits per heavy atom. The standard InChI is InChI=1S/C9H13NO/c1-3-9(10)7(2)5-4-6-8(9)11/h3,5H,1,4,6,10H2,2H3. The minimum atomic E-state index is -0.877. The minimum absolute atomic E-state index is 0.0764. The first kappa shape index (κ1) is 8.21. The van der Waals surface area contributed by atoms with Crippen LogP contribution in [0.15, 0.2) is 24.3 Å². The van der Waals surface area contributed by atoms with Crippen LogP contribution >= 0.6 is 0 Å². The van der Waals surface area contributed by atoms with E-state index in [1.165, 1.54) is 6.08 Å². The van der Waals surface area contributed by atoms with Crippen LogP contribution in [0.1, 0.15) is 19.8 Å². The summed E-state index contributed by atoms with van der Waals surface area (Å²) in [6.07, 6.45) is 4.89. The minimum Gasteiger partial charge on any atom is -0.312 e. The molecule has 60 valence electrons. The smallest absolute Gasteiger partial charge is 0.161 e. The van der Waals surface area contributed by atoms with E-state index in [2.05, 4.69) is 6.58 Å². The van der Waals surface area contributed by atoms with E-state index in [1.807, 2.05) is 13.0 Å². The van der Waals surface area contributed by atoms with Gasteiger partial charge in [-0.05, 0) is 18.9 Å². The van der Waals surface area contributed by atoms with E-state index >= 15 is 0 Å². The highest BCUT2D eigenvalue weighted by atomic mass is 16.1. The molecular weight excluding hydrogens is 138 g/mol. The number of allylic oxidation sites excluding steroid dienone is 1. The summed E-state index contributed by atoms with van der Waals surface area (Å²) in [5, 5.41) is 0. The highest BCUT2D eigenvalue weighted by molar-refractivity contribution is 5.94. The van der Waals surface area contributed by atoms with Crippen LogP contribution in [0.25, 0.3) is 0 Å². The lowest BCUT2D eigenvalue weighted by Crippen LogP contribution is -2.48. The van der Waals surface area contributed by atoms with E-state index < -0.39 is 5.54 Å². The summed E-state index contributed by atoms with van der Waals surface area (Å²) >= 11 is 0. The van der Waals surface area contributed by atoms with Gasteiger partial charge in [0.1, 0.15) is 5.54 Å². The van der Waals surface area contributed by atoms with Crippen LogP contribution in [0, 0.1) is 0 Å². The molecule has 0 spiro atoms. The molecule has 11 heavy (non-hydrogen) atoms. The van der Waals surface area contributed by atoms with Gasteiger partial charge in [-0.25, -0.2) is 0 Å². The topological polar surface area (TPSA) is 43.1 Å². The predicted octanol–water partition coefficient (Wildman–Crippen LogP) is 1.18. The van der Waals surface area contributed by atoms with Gasteiger partial charge < -0.3 is 5.73 Å². The molecule has 0 aliphatic heterocycles. The van der Waals surface area contributed by atoms with E-state index in [0.717, 1.165) is 12.0 Å². The summed E-state index contributed by atoms with van der Waals surface area (Å²) < 4.78 is 0. The van der Waals surface area contributed by atoms with E-state index in [-0.39, 0.29) is 5.78 Å². The van der Waals surface area contributed by atoms with Crippen molar-refractivity contribution in [3.8, 4) is 0 Å². The number of carbonyl (C=O) groups is 1. The molecule has 0 radical (unpaired) electrons. The number of nitrogens with two attached hydrogens (primary N) is 1. The average Bonchev–Trinajstić information content (AvgIpc) is 2.00. The van der Waals surface area contributed by atoms with E-state index in [9.17, 15) is 4.79 Å². The van der Waals surface area contributed by atoms with Crippen molar-refractivity contribution in [3.63, 3.8) is 0 Å². The molecule has 0 aromatic heterocycles. The van der Waals surface area contributed by atoms with Crippen molar-refractivity contribution in [2.75, 3.05) is 0 Å². The summed E-state index contributed by atoms with van der Waals surface area (Å²) in [4.78, 5) is 11.3. The van der Waals surface area contributed by atoms with Crippen LogP contribution in [-0.4, -0.2) is 11.3 Å². The van der Waals surface area contributed by atoms with Gasteiger partial charge in [-0.3, -0.25) is 4.79 Å². The Morgan fingerprint density at radius 3 is 2.82 bits per heavy atom. The summed E-state index contributed by atoms with van der Waals surface area (Å²) in [7, 11) is 0. The molecular formula is C9H13NO. The number of rotatable bonds is 1. The van der Waals surface area contributed by atoms with Crippen molar-refractivity contribution in [2.24, 2.45) is 5.73 Å². The molecule has 0 amide bonds. The highest BCUT2D eigenvalue weighted by Gasteiger charge is 2.33. The van der Waals surface area contributed by atoms with Gasteiger partial charge in [-0.2, -0.15) is 0 Å². The van der Waals surface area contributed by atoms with E-state index in [0.29, 0.717) is 6.42 Å². The number of Topliss-reactive ketones (excluding diaryl/α,β-unsaturated/α-hetero) is 1. The van der Waals surface area contributed by atoms with Gasteiger partial charge >= 0.3 is 0 Å². The van der Waals surface area contributed by atoms with Gasteiger partial charge in [0.25, 0.3) is 0 Å². The second-order valence-electron chi connectivity index (χ2n) is 2.92. The zero-order chi connectivity index (χ0) is 8.48. The van der Waals surface area contributed by atoms with E-state index in [1.54, 1.807) is 0 Å². The molecule has 2 heteroatoms. The maximum Gasteiger partial charge on any atom is 0.161 e. The largest absolute Gasteiger partial charge is 0.312 e. The maximum absolute atomic E-state index is 11.3. The molecule has 0 bridgehead atoms. The van der Waals surface area contributed by atoms with Gasteiger partial charge in [-0.15, -0.1) is 6.58 Å². The Balaban J connectivity index is 3.06. The van der Waals surface area contributed by atoms with Crippen LogP contribution in [-0.2, 0) is 4.79 Å². The van der Waals surface area contributed by atoms with Gasteiger partial charge in [0, 0.05) is 6.42 Å². The zero-order valence-electron chi connectivity index (χ0n) is 6.76. The molecule has 1 unspecified atom stereocenters. The summed E-state index contributed by atoms with van der Waals surface area (Å²) in [5.74, 6) is 0.0764. The van der Waals surface area contributed by atoms with Gasteiger partial charge in [0.2, 0.25) is 0 Å². The molecule has 2 nitrogen and oxygen atoms in total. The molecule has 1 atom stereocenters. The molecule has 0 saturated carbocycles. The lowest BCUT2D eigenvalue weighted by molar-refractivity contribution is -0.121. The zero-order valence-corrected chi connectivity index (χ0v) is 6.76. The van der Waals surface area contributed by atoms with Crippen molar-refractivity contribution < 1.29 is 4.79 Å². The Labute approximate surface area is 66.8 Å². The third-order valence-corrected chi connectivity index (χ3v) is 2.26. The Morgan fingerprint density at radius 2 is 2.45 bits per heavy atom. The predicted molar refractivity (Wildman–Crippen MR) is 45.1 cm³/mol. The first-order chi connectivity index (χ1) is 5.11. The number of ketones is 1. The molecule has 0 aromatic rings. The monoisotopic (exact) mass is 151 g/mol. The second kappa shape index (κ2) is 2.62. The summed E-state index contributed by atoms with van der Waals surface area (Å²) in [6.45, 7) is 5.44. The fourth-order valence-electron chi connectivity index (χ4n) is 1.29. The lowest BCUT2D eigenvalue weighted by atomic mass is 9.81. The van der Waals surface area contributed by atoms with Crippen LogP contribution < -0.4 is 5.73 Å². The van der Waals surface area contributed by atoms with E-state index in [4.69, 9.17) is 5.73 Å². The molecule has 0 aromatic carbocycles. The van der Waals surface area contributed by atoms with Crippen LogP contribution in [0.4, 0.5) is 0 Å². The van der Waals surface area contributed by atoms with Gasteiger partial charge in [0.05, 0.1) is 0 Å². The molecule has 0 heterocycles. The average molecular weight is 151 g/mol. The number of hydrogen-bond acceptors (Lipinski definition) is 2. The highest BCUT2D eigenvalue weighted by Crippen LogP contribution is 2.23. The van der Waals surface area contributed by atoms with Gasteiger partial charge in [-0.1, -0.05) is 12.2 Å². The summed E-state index contributed by atoms with van der Waals surface area (Å²) in [5.41, 5.74) is 5.85. The van der Waals surface area contributed by atoms with Crippen molar-refractivity contribution in [1.82, 2.24) is 0 Å². The Kier molecular flexibility index (Phi) is 1.96. The fourth-order valence-corrected chi connectivity index (χ4v) is 1.29. The molecule has 1 aliphatic carbocycles. The third kappa shape index (κ3) is 1.14. The normalized spacial score (nSPS) is 31.5. The fraction of sp³-hybridized carbons (Fsp3) is 0.444. The van der Waals surface area contributed by atoms with Crippen molar-refractivity contribution in [2.45, 2.75) is 25.3 Å². The molecule has 1 aliphatic rings. The lowest BCUT2D eigenvalue weighted by Gasteiger charge is -2.28. The molecule has 0 saturated heterocycles.